The zero-order chi connectivity index (χ0) is 12.5. The van der Waals surface area contributed by atoms with Gasteiger partial charge in [0.15, 0.2) is 0 Å². The predicted molar refractivity (Wildman–Crippen MR) is 51.8 cm³/mol. The third kappa shape index (κ3) is 2.82. The van der Waals surface area contributed by atoms with Crippen molar-refractivity contribution in [2.75, 3.05) is 0 Å². The molecule has 0 saturated carbocycles. The predicted octanol–water partition coefficient (Wildman–Crippen LogP) is 4.59. The zero-order valence-electron chi connectivity index (χ0n) is 7.45. The normalized spacial score (nSPS) is 12.2. The van der Waals surface area contributed by atoms with Gasteiger partial charge in [-0.25, -0.2) is 13.8 Å². The molecule has 0 aliphatic heterocycles. The molecule has 0 unspecified atom stereocenters. The van der Waals surface area contributed by atoms with Gasteiger partial charge in [0.1, 0.15) is 5.69 Å². The Labute approximate surface area is 101 Å². The average Bonchev–Trinajstić information content (AvgIpc) is 2.15. The van der Waals surface area contributed by atoms with Gasteiger partial charge in [0.05, 0.1) is 16.3 Å². The van der Waals surface area contributed by atoms with Crippen molar-refractivity contribution in [3.05, 3.63) is 28.0 Å². The van der Waals surface area contributed by atoms with E-state index in [4.69, 9.17) is 11.6 Å². The van der Waals surface area contributed by atoms with Crippen LogP contribution in [0.5, 0.6) is 0 Å². The molecule has 0 spiro atoms. The Hall–Kier alpha value is -0.430. The fraction of sp³-hybridized carbons (Fsp3) is 0.375. The van der Waals surface area contributed by atoms with Gasteiger partial charge in [0.2, 0.25) is 0 Å². The summed E-state index contributed by atoms with van der Waals surface area (Å²) < 4.78 is 61.9. The van der Waals surface area contributed by atoms with Gasteiger partial charge in [0.25, 0.3) is 6.43 Å². The maximum Gasteiger partial charge on any atom is 0.417 e. The van der Waals surface area contributed by atoms with Gasteiger partial charge >= 0.3 is 6.18 Å². The highest BCUT2D eigenvalue weighted by Gasteiger charge is 2.35. The summed E-state index contributed by atoms with van der Waals surface area (Å²) >= 11 is 8.25. The third-order valence-electron chi connectivity index (χ3n) is 1.70. The molecule has 1 aromatic rings. The standard InChI is InChI=1S/C8H4BrClF5N/c9-2-5-6(10)3(8(13,14)15)1-4(16-5)7(11)12/h1,7H,2H2. The summed E-state index contributed by atoms with van der Waals surface area (Å²) in [6.07, 6.45) is -7.85. The van der Waals surface area contributed by atoms with Crippen LogP contribution in [-0.4, -0.2) is 4.98 Å². The number of nitrogens with zero attached hydrogens (tertiary/aromatic N) is 1. The molecule has 16 heavy (non-hydrogen) atoms. The van der Waals surface area contributed by atoms with Gasteiger partial charge in [-0.05, 0) is 6.07 Å². The van der Waals surface area contributed by atoms with Crippen molar-refractivity contribution < 1.29 is 22.0 Å². The van der Waals surface area contributed by atoms with Crippen molar-refractivity contribution in [1.29, 1.82) is 0 Å². The summed E-state index contributed by atoms with van der Waals surface area (Å²) in [5.41, 5.74) is -2.49. The lowest BCUT2D eigenvalue weighted by Crippen LogP contribution is -2.10. The quantitative estimate of drug-likeness (QED) is 0.573. The molecule has 0 amide bonds. The van der Waals surface area contributed by atoms with Crippen LogP contribution in [0.4, 0.5) is 22.0 Å². The fourth-order valence-corrected chi connectivity index (χ4v) is 1.85. The van der Waals surface area contributed by atoms with Crippen LogP contribution in [0.25, 0.3) is 0 Å². The highest BCUT2D eigenvalue weighted by Crippen LogP contribution is 2.38. The summed E-state index contributed by atoms with van der Waals surface area (Å²) in [5.74, 6) is 0. The van der Waals surface area contributed by atoms with Crippen LogP contribution in [0.15, 0.2) is 6.07 Å². The Balaban J connectivity index is 3.42. The van der Waals surface area contributed by atoms with Crippen LogP contribution >= 0.6 is 27.5 Å². The van der Waals surface area contributed by atoms with Crippen molar-refractivity contribution in [1.82, 2.24) is 4.98 Å². The van der Waals surface area contributed by atoms with E-state index < -0.39 is 28.9 Å². The Morgan fingerprint density at radius 3 is 2.31 bits per heavy atom. The lowest BCUT2D eigenvalue weighted by atomic mass is 10.2. The Morgan fingerprint density at radius 2 is 1.94 bits per heavy atom. The summed E-state index contributed by atoms with van der Waals surface area (Å²) in [5, 5.41) is -0.788. The van der Waals surface area contributed by atoms with E-state index in [0.29, 0.717) is 0 Å². The molecule has 0 radical (unpaired) electrons. The second-order valence-electron chi connectivity index (χ2n) is 2.79. The SMILES string of the molecule is FC(F)c1cc(C(F)(F)F)c(Cl)c(CBr)n1. The van der Waals surface area contributed by atoms with Gasteiger partial charge in [-0.15, -0.1) is 0 Å². The van der Waals surface area contributed by atoms with Crippen LogP contribution in [0.1, 0.15) is 23.4 Å². The van der Waals surface area contributed by atoms with E-state index >= 15 is 0 Å². The Kier molecular flexibility index (Phi) is 4.12. The first-order chi connectivity index (χ1) is 7.27. The molecular weight excluding hydrogens is 320 g/mol. The second kappa shape index (κ2) is 4.83. The number of rotatable bonds is 2. The van der Waals surface area contributed by atoms with Crippen molar-refractivity contribution in [3.63, 3.8) is 0 Å². The summed E-state index contributed by atoms with van der Waals surface area (Å²) in [4.78, 5) is 3.34. The van der Waals surface area contributed by atoms with E-state index in [1.165, 1.54) is 0 Å². The number of halogens is 7. The van der Waals surface area contributed by atoms with Crippen LogP contribution in [0, 0.1) is 0 Å². The number of hydrogen-bond donors (Lipinski definition) is 0. The second-order valence-corrected chi connectivity index (χ2v) is 3.73. The minimum absolute atomic E-state index is 0.129. The first kappa shape index (κ1) is 13.6. The van der Waals surface area contributed by atoms with E-state index in [1.807, 2.05) is 0 Å². The molecule has 0 N–H and O–H groups in total. The van der Waals surface area contributed by atoms with Crippen molar-refractivity contribution in [3.8, 4) is 0 Å². The Bertz CT molecular complexity index is 393. The smallest absolute Gasteiger partial charge is 0.249 e. The molecule has 90 valence electrons. The van der Waals surface area contributed by atoms with Crippen LogP contribution in [-0.2, 0) is 11.5 Å². The minimum atomic E-state index is -4.78. The molecule has 1 rings (SSSR count). The molecule has 1 heterocycles. The summed E-state index contributed by atoms with van der Waals surface area (Å²) in [7, 11) is 0. The molecule has 1 nitrogen and oxygen atoms in total. The zero-order valence-corrected chi connectivity index (χ0v) is 9.80. The van der Waals surface area contributed by atoms with Gasteiger partial charge in [-0.1, -0.05) is 27.5 Å². The van der Waals surface area contributed by atoms with E-state index in [-0.39, 0.29) is 17.1 Å². The maximum atomic E-state index is 12.4. The molecule has 8 heteroatoms. The molecule has 0 aliphatic rings. The van der Waals surface area contributed by atoms with E-state index in [1.54, 1.807) is 0 Å². The van der Waals surface area contributed by atoms with E-state index in [0.717, 1.165) is 0 Å². The Morgan fingerprint density at radius 1 is 1.38 bits per heavy atom. The van der Waals surface area contributed by atoms with Crippen LogP contribution in [0.2, 0.25) is 5.02 Å². The third-order valence-corrected chi connectivity index (χ3v) is 2.65. The van der Waals surface area contributed by atoms with Gasteiger partial charge in [0, 0.05) is 5.33 Å². The molecular formula is C8H4BrClF5N. The maximum absolute atomic E-state index is 12.4. The first-order valence-corrected chi connectivity index (χ1v) is 5.38. The highest BCUT2D eigenvalue weighted by molar-refractivity contribution is 9.08. The van der Waals surface area contributed by atoms with Gasteiger partial charge in [-0.2, -0.15) is 13.2 Å². The summed E-state index contributed by atoms with van der Waals surface area (Å²) in [6, 6.07) is 0.263. The van der Waals surface area contributed by atoms with Crippen LogP contribution < -0.4 is 0 Å². The number of pyridine rings is 1. The topological polar surface area (TPSA) is 12.9 Å². The molecule has 0 saturated heterocycles. The van der Waals surface area contributed by atoms with E-state index in [2.05, 4.69) is 20.9 Å². The average molecular weight is 324 g/mol. The van der Waals surface area contributed by atoms with Crippen molar-refractivity contribution >= 4 is 27.5 Å². The van der Waals surface area contributed by atoms with Crippen molar-refractivity contribution in [2.45, 2.75) is 17.9 Å². The van der Waals surface area contributed by atoms with Gasteiger partial charge < -0.3 is 0 Å². The number of aromatic nitrogens is 1. The number of hydrogen-bond acceptors (Lipinski definition) is 1. The highest BCUT2D eigenvalue weighted by atomic mass is 79.9. The van der Waals surface area contributed by atoms with Gasteiger partial charge in [-0.3, -0.25) is 0 Å². The first-order valence-electron chi connectivity index (χ1n) is 3.88. The minimum Gasteiger partial charge on any atom is -0.249 e. The van der Waals surface area contributed by atoms with E-state index in [9.17, 15) is 22.0 Å². The molecule has 0 bridgehead atoms. The molecule has 0 atom stereocenters. The van der Waals surface area contributed by atoms with Crippen LogP contribution in [0.3, 0.4) is 0 Å². The molecule has 0 aliphatic carbocycles. The lowest BCUT2D eigenvalue weighted by Gasteiger charge is -2.12. The molecule has 1 aromatic heterocycles. The fourth-order valence-electron chi connectivity index (χ4n) is 1.01. The summed E-state index contributed by atoms with van der Waals surface area (Å²) in [6.45, 7) is 0. The monoisotopic (exact) mass is 323 g/mol. The molecule has 0 fully saturated rings. The lowest BCUT2D eigenvalue weighted by molar-refractivity contribution is -0.137. The van der Waals surface area contributed by atoms with Crippen molar-refractivity contribution in [2.24, 2.45) is 0 Å². The molecule has 0 aromatic carbocycles. The number of alkyl halides is 6. The largest absolute Gasteiger partial charge is 0.417 e.